The summed E-state index contributed by atoms with van der Waals surface area (Å²) in [4.78, 5) is 3.58. The summed E-state index contributed by atoms with van der Waals surface area (Å²) in [5, 5.41) is 3.79. The first-order valence-electron chi connectivity index (χ1n) is 11.6. The molecule has 0 bridgehead atoms. The van der Waals surface area contributed by atoms with Crippen LogP contribution in [0.2, 0.25) is 0 Å². The maximum absolute atomic E-state index is 13.4. The Morgan fingerprint density at radius 3 is 1.82 bits per heavy atom. The van der Waals surface area contributed by atoms with Gasteiger partial charge in [0.2, 0.25) is 0 Å². The summed E-state index contributed by atoms with van der Waals surface area (Å²) in [7, 11) is -4.22. The molecule has 6 heteroatoms. The van der Waals surface area contributed by atoms with Crippen molar-refractivity contribution >= 4 is 16.0 Å². The van der Waals surface area contributed by atoms with E-state index in [2.05, 4.69) is 37.7 Å². The summed E-state index contributed by atoms with van der Waals surface area (Å²) in [6, 6.07) is 11.3. The van der Waals surface area contributed by atoms with E-state index in [0.29, 0.717) is 22.6 Å². The summed E-state index contributed by atoms with van der Waals surface area (Å²) < 4.78 is 31.9. The maximum atomic E-state index is 13.4. The van der Waals surface area contributed by atoms with Crippen molar-refractivity contribution in [1.29, 1.82) is 0 Å². The fourth-order valence-electron chi connectivity index (χ4n) is 3.63. The Balaban J connectivity index is 2.53. The van der Waals surface area contributed by atoms with Gasteiger partial charge in [-0.3, -0.25) is 0 Å². The molecule has 0 aliphatic heterocycles. The van der Waals surface area contributed by atoms with Gasteiger partial charge in [-0.1, -0.05) is 98.4 Å². The molecule has 2 aromatic rings. The van der Waals surface area contributed by atoms with E-state index in [0.717, 1.165) is 17.5 Å². The van der Waals surface area contributed by atoms with Crippen LogP contribution < -0.4 is 0 Å². The quantitative estimate of drug-likeness (QED) is 0.165. The highest BCUT2D eigenvalue weighted by atomic mass is 32.2. The molecule has 0 aromatic heterocycles. The molecule has 0 aliphatic carbocycles. The minimum absolute atomic E-state index is 0.0213. The van der Waals surface area contributed by atoms with Crippen LogP contribution in [0.3, 0.4) is 0 Å². The lowest BCUT2D eigenvalue weighted by Crippen LogP contribution is -2.14. The third-order valence-electron chi connectivity index (χ3n) is 6.01. The Morgan fingerprint density at radius 2 is 1.42 bits per heavy atom. The first-order chi connectivity index (χ1) is 15.4. The van der Waals surface area contributed by atoms with Crippen molar-refractivity contribution in [2.24, 2.45) is 5.16 Å². The highest BCUT2D eigenvalue weighted by molar-refractivity contribution is 7.86. The number of nitrogens with zero attached hydrogens (tertiary/aromatic N) is 2. The predicted molar refractivity (Wildman–Crippen MR) is 135 cm³/mol. The maximum Gasteiger partial charge on any atom is 0.379 e. The summed E-state index contributed by atoms with van der Waals surface area (Å²) in [5.41, 5.74) is 4.20. The molecule has 0 aliphatic rings. The van der Waals surface area contributed by atoms with Gasteiger partial charge in [-0.15, -0.1) is 0 Å². The molecule has 0 saturated heterocycles. The second-order valence-corrected chi connectivity index (χ2v) is 10.9. The Hall–Kier alpha value is -2.65. The molecule has 0 amide bonds. The largest absolute Gasteiger partial charge is 0.379 e. The van der Waals surface area contributed by atoms with Gasteiger partial charge in [-0.05, 0) is 52.3 Å². The second kappa shape index (κ2) is 11.0. The predicted octanol–water partition coefficient (Wildman–Crippen LogP) is 7.56. The van der Waals surface area contributed by atoms with Crippen molar-refractivity contribution in [3.63, 3.8) is 0 Å². The SMILES string of the molecule is [C-]#[N+]/C(=N/OS(=O)(=O)c1c(C(C)C)cc(C(C)C)cc1C(C)C)c1ccc(C(C)CC)cc1. The van der Waals surface area contributed by atoms with Crippen LogP contribution in [-0.4, -0.2) is 14.3 Å². The van der Waals surface area contributed by atoms with Crippen LogP contribution in [0, 0.1) is 6.57 Å². The van der Waals surface area contributed by atoms with Gasteiger partial charge in [0.25, 0.3) is 0 Å². The van der Waals surface area contributed by atoms with Gasteiger partial charge in [0.1, 0.15) is 4.90 Å². The van der Waals surface area contributed by atoms with Crippen molar-refractivity contribution in [3.8, 4) is 0 Å². The van der Waals surface area contributed by atoms with E-state index in [4.69, 9.17) is 10.9 Å². The van der Waals surface area contributed by atoms with Crippen molar-refractivity contribution in [1.82, 2.24) is 0 Å². The molecule has 0 radical (unpaired) electrons. The molecular formula is C27H36N2O3S. The van der Waals surface area contributed by atoms with Gasteiger partial charge >= 0.3 is 16.0 Å². The molecule has 33 heavy (non-hydrogen) atoms. The van der Waals surface area contributed by atoms with Crippen LogP contribution in [-0.2, 0) is 14.4 Å². The first-order valence-corrected chi connectivity index (χ1v) is 13.0. The molecule has 0 heterocycles. The van der Waals surface area contributed by atoms with Crippen LogP contribution in [0.5, 0.6) is 0 Å². The Labute approximate surface area is 199 Å². The van der Waals surface area contributed by atoms with Crippen LogP contribution >= 0.6 is 0 Å². The van der Waals surface area contributed by atoms with Crippen molar-refractivity contribution in [2.45, 2.75) is 90.4 Å². The first kappa shape index (κ1) is 26.6. The van der Waals surface area contributed by atoms with E-state index in [-0.39, 0.29) is 28.5 Å². The minimum Gasteiger partial charge on any atom is -0.357 e. The molecule has 0 spiro atoms. The zero-order valence-electron chi connectivity index (χ0n) is 21.0. The number of benzene rings is 2. The number of amidine groups is 1. The van der Waals surface area contributed by atoms with Gasteiger partial charge < -0.3 is 4.85 Å². The highest BCUT2D eigenvalue weighted by Gasteiger charge is 2.30. The van der Waals surface area contributed by atoms with Crippen molar-refractivity contribution in [2.75, 3.05) is 0 Å². The van der Waals surface area contributed by atoms with Crippen molar-refractivity contribution < 1.29 is 12.7 Å². The molecule has 0 fully saturated rings. The van der Waals surface area contributed by atoms with Crippen molar-refractivity contribution in [3.05, 3.63) is 75.6 Å². The third-order valence-corrected chi connectivity index (χ3v) is 7.25. The monoisotopic (exact) mass is 468 g/mol. The average Bonchev–Trinajstić information content (AvgIpc) is 2.78. The fourth-order valence-corrected chi connectivity index (χ4v) is 5.04. The minimum atomic E-state index is -4.22. The van der Waals surface area contributed by atoms with Gasteiger partial charge in [-0.25, -0.2) is 0 Å². The molecule has 0 N–H and O–H groups in total. The molecule has 5 nitrogen and oxygen atoms in total. The molecular weight excluding hydrogens is 432 g/mol. The van der Waals surface area contributed by atoms with E-state index in [1.807, 2.05) is 52.0 Å². The van der Waals surface area contributed by atoms with E-state index in [1.165, 1.54) is 0 Å². The number of hydrogen-bond donors (Lipinski definition) is 0. The average molecular weight is 469 g/mol. The smallest absolute Gasteiger partial charge is 0.357 e. The normalized spacial score (nSPS) is 13.5. The zero-order chi connectivity index (χ0) is 24.9. The van der Waals surface area contributed by atoms with Gasteiger partial charge in [0, 0.05) is 5.56 Å². The van der Waals surface area contributed by atoms with E-state index in [9.17, 15) is 8.42 Å². The van der Waals surface area contributed by atoms with Crippen LogP contribution in [0.1, 0.15) is 113 Å². The summed E-state index contributed by atoms with van der Waals surface area (Å²) in [5.74, 6) is 0.536. The lowest BCUT2D eigenvalue weighted by Gasteiger charge is -2.21. The Kier molecular flexibility index (Phi) is 8.85. The zero-order valence-corrected chi connectivity index (χ0v) is 21.8. The summed E-state index contributed by atoms with van der Waals surface area (Å²) in [6.07, 6.45) is 1.01. The molecule has 1 unspecified atom stereocenters. The number of rotatable bonds is 9. The summed E-state index contributed by atoms with van der Waals surface area (Å²) >= 11 is 0. The Bertz CT molecular complexity index is 1110. The van der Waals surface area contributed by atoms with Gasteiger partial charge in [0.15, 0.2) is 0 Å². The standard InChI is InChI=1S/C27H36N2O3S/c1-10-20(8)21-11-13-22(14-12-21)27(28-9)29-32-33(30,31)26-24(18(4)5)15-23(17(2)3)16-25(26)19(6)7/h11-20H,10H2,1-8H3/b29-27+. The lowest BCUT2D eigenvalue weighted by molar-refractivity contribution is 0.338. The van der Waals surface area contributed by atoms with Crippen LogP contribution in [0.15, 0.2) is 46.4 Å². The van der Waals surface area contributed by atoms with Gasteiger partial charge in [-0.2, -0.15) is 12.7 Å². The molecule has 2 rings (SSSR count). The molecule has 0 saturated carbocycles. The number of oxime groups is 1. The number of hydrogen-bond acceptors (Lipinski definition) is 4. The summed E-state index contributed by atoms with van der Waals surface area (Å²) in [6.45, 7) is 23.8. The van der Waals surface area contributed by atoms with Gasteiger partial charge in [0.05, 0.1) is 5.16 Å². The topological polar surface area (TPSA) is 60.1 Å². The van der Waals surface area contributed by atoms with E-state index < -0.39 is 10.1 Å². The Morgan fingerprint density at radius 1 is 0.909 bits per heavy atom. The fraction of sp³-hybridized carbons (Fsp3) is 0.481. The van der Waals surface area contributed by atoms with E-state index >= 15 is 0 Å². The highest BCUT2D eigenvalue weighted by Crippen LogP contribution is 2.36. The molecule has 2 aromatic carbocycles. The van der Waals surface area contributed by atoms with E-state index in [1.54, 1.807) is 12.1 Å². The molecule has 1 atom stereocenters. The third kappa shape index (κ3) is 6.23. The second-order valence-electron chi connectivity index (χ2n) is 9.48. The van der Waals surface area contributed by atoms with Crippen LogP contribution in [0.4, 0.5) is 0 Å². The van der Waals surface area contributed by atoms with Crippen LogP contribution in [0.25, 0.3) is 4.85 Å². The molecule has 178 valence electrons. The lowest BCUT2D eigenvalue weighted by atomic mass is 9.89.